The number of piperidine rings is 1. The van der Waals surface area contributed by atoms with Gasteiger partial charge < -0.3 is 5.73 Å². The Hall–Kier alpha value is -1.43. The maximum atomic E-state index is 11.3. The van der Waals surface area contributed by atoms with Gasteiger partial charge >= 0.3 is 0 Å². The van der Waals surface area contributed by atoms with E-state index < -0.39 is 11.9 Å². The van der Waals surface area contributed by atoms with E-state index in [1.807, 2.05) is 0 Å². The zero-order valence-corrected chi connectivity index (χ0v) is 7.95. The summed E-state index contributed by atoms with van der Waals surface area (Å²) in [6, 6.07) is -0.430. The van der Waals surface area contributed by atoms with Crippen molar-refractivity contribution in [2.45, 2.75) is 18.9 Å². The Labute approximate surface area is 81.4 Å². The van der Waals surface area contributed by atoms with Gasteiger partial charge in [0.25, 0.3) is 0 Å². The number of carbonyl (C=O) groups excluding carboxylic acids is 3. The lowest BCUT2D eigenvalue weighted by atomic mass is 10.1. The molecule has 1 aliphatic heterocycles. The Morgan fingerprint density at radius 3 is 2.79 bits per heavy atom. The largest absolute Gasteiger partial charge is 0.369 e. The fourth-order valence-corrected chi connectivity index (χ4v) is 1.46. The molecule has 3 amide bonds. The van der Waals surface area contributed by atoms with Crippen molar-refractivity contribution >= 4 is 17.7 Å². The van der Waals surface area contributed by atoms with Gasteiger partial charge in [-0.05, 0) is 13.5 Å². The van der Waals surface area contributed by atoms with E-state index in [0.717, 1.165) is 0 Å². The molecule has 14 heavy (non-hydrogen) atoms. The number of nitrogens with zero attached hydrogens (tertiary/aromatic N) is 1. The van der Waals surface area contributed by atoms with Crippen LogP contribution in [0.2, 0.25) is 0 Å². The summed E-state index contributed by atoms with van der Waals surface area (Å²) in [5.74, 6) is -1.11. The quantitative estimate of drug-likeness (QED) is 0.525. The second-order valence-corrected chi connectivity index (χ2v) is 3.35. The molecule has 6 nitrogen and oxygen atoms in total. The molecule has 0 aliphatic carbocycles. The fourth-order valence-electron chi connectivity index (χ4n) is 1.46. The number of carbonyl (C=O) groups is 3. The molecule has 0 aromatic carbocycles. The van der Waals surface area contributed by atoms with Crippen LogP contribution in [0.25, 0.3) is 0 Å². The first-order chi connectivity index (χ1) is 6.50. The van der Waals surface area contributed by atoms with E-state index in [4.69, 9.17) is 5.73 Å². The highest BCUT2D eigenvalue weighted by molar-refractivity contribution is 6.00. The summed E-state index contributed by atoms with van der Waals surface area (Å²) in [5, 5.41) is 2.21. The first-order valence-corrected chi connectivity index (χ1v) is 4.33. The number of hydrogen-bond donors (Lipinski definition) is 2. The molecule has 6 heteroatoms. The number of nitrogens with two attached hydrogens (primary N) is 1. The molecule has 1 aliphatic rings. The number of likely N-dealkylation sites (N-methyl/N-ethyl adjacent to an activating group) is 1. The molecule has 1 rings (SSSR count). The van der Waals surface area contributed by atoms with Crippen molar-refractivity contribution in [3.05, 3.63) is 0 Å². The van der Waals surface area contributed by atoms with Gasteiger partial charge in [-0.3, -0.25) is 24.6 Å². The van der Waals surface area contributed by atoms with Crippen molar-refractivity contribution in [3.8, 4) is 0 Å². The zero-order valence-electron chi connectivity index (χ0n) is 7.95. The van der Waals surface area contributed by atoms with Gasteiger partial charge in [0.1, 0.15) is 0 Å². The van der Waals surface area contributed by atoms with E-state index in [1.165, 1.54) is 0 Å². The van der Waals surface area contributed by atoms with Gasteiger partial charge in [-0.1, -0.05) is 0 Å². The predicted octanol–water partition coefficient (Wildman–Crippen LogP) is -1.79. The van der Waals surface area contributed by atoms with Gasteiger partial charge in [0, 0.05) is 6.42 Å². The molecule has 1 saturated heterocycles. The highest BCUT2D eigenvalue weighted by atomic mass is 16.2. The monoisotopic (exact) mass is 199 g/mol. The molecule has 0 radical (unpaired) electrons. The van der Waals surface area contributed by atoms with Gasteiger partial charge in [-0.2, -0.15) is 0 Å². The standard InChI is InChI=1S/C8H13N3O3/c1-11(4-6(9)12)5-2-3-7(13)10-8(5)14/h5H,2-4H2,1H3,(H2,9,12)(H,10,13,14). The molecule has 0 bridgehead atoms. The molecule has 1 heterocycles. The molecule has 0 aromatic heterocycles. The van der Waals surface area contributed by atoms with Crippen molar-refractivity contribution in [1.29, 1.82) is 0 Å². The third kappa shape index (κ3) is 2.53. The van der Waals surface area contributed by atoms with Gasteiger partial charge in [0.05, 0.1) is 12.6 Å². The highest BCUT2D eigenvalue weighted by Gasteiger charge is 2.29. The molecule has 1 atom stereocenters. The molecule has 3 N–H and O–H groups in total. The van der Waals surface area contributed by atoms with Crippen LogP contribution >= 0.6 is 0 Å². The van der Waals surface area contributed by atoms with Crippen LogP contribution in [0.1, 0.15) is 12.8 Å². The van der Waals surface area contributed by atoms with Crippen LogP contribution in [0.4, 0.5) is 0 Å². The summed E-state index contributed by atoms with van der Waals surface area (Å²) >= 11 is 0. The van der Waals surface area contributed by atoms with Crippen LogP contribution in [0.5, 0.6) is 0 Å². The van der Waals surface area contributed by atoms with Gasteiger partial charge in [0.15, 0.2) is 0 Å². The minimum absolute atomic E-state index is 0.0201. The smallest absolute Gasteiger partial charge is 0.243 e. The Morgan fingerprint density at radius 1 is 1.64 bits per heavy atom. The molecule has 0 saturated carbocycles. The number of amides is 3. The summed E-state index contributed by atoms with van der Waals surface area (Å²) in [6.45, 7) is 0.0201. The summed E-state index contributed by atoms with van der Waals surface area (Å²) in [7, 11) is 1.63. The third-order valence-electron chi connectivity index (χ3n) is 2.15. The van der Waals surface area contributed by atoms with E-state index in [-0.39, 0.29) is 18.4 Å². The topological polar surface area (TPSA) is 92.5 Å². The van der Waals surface area contributed by atoms with Crippen molar-refractivity contribution < 1.29 is 14.4 Å². The van der Waals surface area contributed by atoms with Gasteiger partial charge in [0.2, 0.25) is 17.7 Å². The highest BCUT2D eigenvalue weighted by Crippen LogP contribution is 2.09. The SMILES string of the molecule is CN(CC(N)=O)C1CCC(=O)NC1=O. The predicted molar refractivity (Wildman–Crippen MR) is 48.0 cm³/mol. The summed E-state index contributed by atoms with van der Waals surface area (Å²) in [6.07, 6.45) is 0.744. The normalized spacial score (nSPS) is 22.3. The van der Waals surface area contributed by atoms with Crippen LogP contribution < -0.4 is 11.1 Å². The fraction of sp³-hybridized carbons (Fsp3) is 0.625. The minimum Gasteiger partial charge on any atom is -0.369 e. The molecule has 78 valence electrons. The molecule has 0 aromatic rings. The summed E-state index contributed by atoms with van der Waals surface area (Å²) < 4.78 is 0. The molecular formula is C8H13N3O3. The van der Waals surface area contributed by atoms with Gasteiger partial charge in [-0.15, -0.1) is 0 Å². The van der Waals surface area contributed by atoms with Crippen LogP contribution in [-0.2, 0) is 14.4 Å². The molecule has 0 spiro atoms. The average Bonchev–Trinajstić information content (AvgIpc) is 2.01. The van der Waals surface area contributed by atoms with E-state index in [9.17, 15) is 14.4 Å². The van der Waals surface area contributed by atoms with Crippen molar-refractivity contribution in [3.63, 3.8) is 0 Å². The Bertz CT molecular complexity index is 277. The van der Waals surface area contributed by atoms with E-state index in [0.29, 0.717) is 12.8 Å². The van der Waals surface area contributed by atoms with E-state index >= 15 is 0 Å². The first kappa shape index (κ1) is 10.6. The van der Waals surface area contributed by atoms with E-state index in [2.05, 4.69) is 5.32 Å². The van der Waals surface area contributed by atoms with Crippen LogP contribution in [-0.4, -0.2) is 42.3 Å². The average molecular weight is 199 g/mol. The van der Waals surface area contributed by atoms with Crippen molar-refractivity contribution in [2.24, 2.45) is 5.73 Å². The number of primary amides is 1. The lowest BCUT2D eigenvalue weighted by Gasteiger charge is -2.28. The first-order valence-electron chi connectivity index (χ1n) is 4.33. The maximum absolute atomic E-state index is 11.3. The minimum atomic E-state index is -0.489. The Balaban J connectivity index is 2.55. The summed E-state index contributed by atoms with van der Waals surface area (Å²) in [4.78, 5) is 34.3. The Morgan fingerprint density at radius 2 is 2.29 bits per heavy atom. The maximum Gasteiger partial charge on any atom is 0.243 e. The number of imide groups is 1. The number of hydrogen-bond acceptors (Lipinski definition) is 4. The number of nitrogens with one attached hydrogen (secondary N) is 1. The second kappa shape index (κ2) is 4.19. The van der Waals surface area contributed by atoms with Crippen molar-refractivity contribution in [1.82, 2.24) is 10.2 Å². The lowest BCUT2D eigenvalue weighted by molar-refractivity contribution is -0.137. The van der Waals surface area contributed by atoms with Gasteiger partial charge in [-0.25, -0.2) is 0 Å². The van der Waals surface area contributed by atoms with Crippen LogP contribution in [0.15, 0.2) is 0 Å². The Kier molecular flexibility index (Phi) is 3.19. The lowest BCUT2D eigenvalue weighted by Crippen LogP contribution is -2.52. The number of rotatable bonds is 3. The van der Waals surface area contributed by atoms with Crippen LogP contribution in [0, 0.1) is 0 Å². The molecule has 1 unspecified atom stereocenters. The molecule has 1 fully saturated rings. The third-order valence-corrected chi connectivity index (χ3v) is 2.15. The van der Waals surface area contributed by atoms with Crippen molar-refractivity contribution in [2.75, 3.05) is 13.6 Å². The summed E-state index contributed by atoms with van der Waals surface area (Å²) in [5.41, 5.74) is 4.99. The van der Waals surface area contributed by atoms with Crippen LogP contribution in [0.3, 0.4) is 0 Å². The van der Waals surface area contributed by atoms with E-state index in [1.54, 1.807) is 11.9 Å². The molecular weight excluding hydrogens is 186 g/mol. The zero-order chi connectivity index (χ0) is 10.7. The second-order valence-electron chi connectivity index (χ2n) is 3.35.